The van der Waals surface area contributed by atoms with Crippen LogP contribution < -0.4 is 5.32 Å². The van der Waals surface area contributed by atoms with Crippen LogP contribution in [0.4, 0.5) is 5.69 Å². The maximum absolute atomic E-state index is 10.3. The van der Waals surface area contributed by atoms with Gasteiger partial charge < -0.3 is 5.32 Å². The highest BCUT2D eigenvalue weighted by Crippen LogP contribution is 2.14. The maximum Gasteiger partial charge on any atom is 0.283 e. The second-order valence-corrected chi connectivity index (χ2v) is 4.30. The first-order chi connectivity index (χ1) is 5.97. The van der Waals surface area contributed by atoms with E-state index in [2.05, 4.69) is 5.32 Å². The Hall–Kier alpha value is -0.780. The lowest BCUT2D eigenvalue weighted by molar-refractivity contribution is 0.485. The number of anilines is 1. The lowest BCUT2D eigenvalue weighted by atomic mass is 10.3. The van der Waals surface area contributed by atoms with Gasteiger partial charge in [-0.2, -0.15) is 8.42 Å². The quantitative estimate of drug-likeness (QED) is 0.761. The minimum atomic E-state index is -3.99. The standard InChI is InChI=1S/C7H8ClNO3S/c8-6-2-1-3-7(4-6)9-5-13(10,11)12/h1-4,9H,5H2,(H,10,11,12). The fourth-order valence-electron chi connectivity index (χ4n) is 0.773. The summed E-state index contributed by atoms with van der Waals surface area (Å²) in [6.45, 7) is 0. The van der Waals surface area contributed by atoms with Crippen molar-refractivity contribution in [2.45, 2.75) is 0 Å². The predicted octanol–water partition coefficient (Wildman–Crippen LogP) is 1.60. The van der Waals surface area contributed by atoms with Gasteiger partial charge in [-0.15, -0.1) is 0 Å². The van der Waals surface area contributed by atoms with Gasteiger partial charge in [-0.1, -0.05) is 17.7 Å². The third-order valence-corrected chi connectivity index (χ3v) is 2.03. The predicted molar refractivity (Wildman–Crippen MR) is 51.5 cm³/mol. The molecule has 13 heavy (non-hydrogen) atoms. The second-order valence-electron chi connectivity index (χ2n) is 2.41. The number of hydrogen-bond donors (Lipinski definition) is 2. The van der Waals surface area contributed by atoms with E-state index in [1.54, 1.807) is 24.3 Å². The minimum absolute atomic E-state index is 0.500. The zero-order chi connectivity index (χ0) is 9.90. The Labute approximate surface area is 81.3 Å². The smallest absolute Gasteiger partial charge is 0.283 e. The highest BCUT2D eigenvalue weighted by Gasteiger charge is 2.02. The molecule has 0 heterocycles. The summed E-state index contributed by atoms with van der Waals surface area (Å²) in [5.41, 5.74) is 0.546. The molecule has 0 aliphatic heterocycles. The van der Waals surface area contributed by atoms with E-state index in [4.69, 9.17) is 16.2 Å². The topological polar surface area (TPSA) is 66.4 Å². The van der Waals surface area contributed by atoms with Crippen LogP contribution in [-0.4, -0.2) is 18.8 Å². The normalized spacial score (nSPS) is 11.2. The summed E-state index contributed by atoms with van der Waals surface area (Å²) in [6.07, 6.45) is 0. The molecule has 0 saturated carbocycles. The van der Waals surface area contributed by atoms with Crippen molar-refractivity contribution < 1.29 is 13.0 Å². The third-order valence-electron chi connectivity index (χ3n) is 1.28. The average molecular weight is 222 g/mol. The van der Waals surface area contributed by atoms with E-state index in [9.17, 15) is 8.42 Å². The molecule has 4 nitrogen and oxygen atoms in total. The molecule has 0 aliphatic carbocycles. The molecule has 6 heteroatoms. The molecule has 0 aliphatic rings. The van der Waals surface area contributed by atoms with Crippen molar-refractivity contribution in [3.05, 3.63) is 29.3 Å². The van der Waals surface area contributed by atoms with Crippen LogP contribution in [0.1, 0.15) is 0 Å². The molecule has 1 rings (SSSR count). The summed E-state index contributed by atoms with van der Waals surface area (Å²) in [4.78, 5) is 0. The Kier molecular flexibility index (Phi) is 3.13. The van der Waals surface area contributed by atoms with E-state index in [-0.39, 0.29) is 0 Å². The lowest BCUT2D eigenvalue weighted by Crippen LogP contribution is -2.12. The highest BCUT2D eigenvalue weighted by molar-refractivity contribution is 7.85. The number of rotatable bonds is 3. The van der Waals surface area contributed by atoms with Crippen molar-refractivity contribution in [2.24, 2.45) is 0 Å². The molecule has 0 aromatic heterocycles. The average Bonchev–Trinajstić information content (AvgIpc) is 2.00. The molecule has 0 bridgehead atoms. The third kappa shape index (κ3) is 4.12. The lowest BCUT2D eigenvalue weighted by Gasteiger charge is -2.03. The van der Waals surface area contributed by atoms with Crippen molar-refractivity contribution in [3.8, 4) is 0 Å². The zero-order valence-electron chi connectivity index (χ0n) is 6.57. The van der Waals surface area contributed by atoms with Crippen molar-refractivity contribution in [2.75, 3.05) is 11.2 Å². The Morgan fingerprint density at radius 1 is 1.46 bits per heavy atom. The molecule has 0 spiro atoms. The summed E-state index contributed by atoms with van der Waals surface area (Å²) in [6, 6.07) is 6.55. The number of nitrogens with one attached hydrogen (secondary N) is 1. The molecule has 0 radical (unpaired) electrons. The van der Waals surface area contributed by atoms with E-state index in [0.717, 1.165) is 0 Å². The summed E-state index contributed by atoms with van der Waals surface area (Å²) in [5.74, 6) is -0.520. The van der Waals surface area contributed by atoms with Crippen LogP contribution in [-0.2, 0) is 10.1 Å². The van der Waals surface area contributed by atoms with Crippen molar-refractivity contribution in [1.29, 1.82) is 0 Å². The number of halogens is 1. The summed E-state index contributed by atoms with van der Waals surface area (Å²) in [7, 11) is -3.99. The van der Waals surface area contributed by atoms with Crippen LogP contribution in [0.3, 0.4) is 0 Å². The number of benzene rings is 1. The van der Waals surface area contributed by atoms with Crippen LogP contribution in [0.25, 0.3) is 0 Å². The Morgan fingerprint density at radius 3 is 2.69 bits per heavy atom. The Balaban J connectivity index is 2.65. The van der Waals surface area contributed by atoms with E-state index < -0.39 is 16.0 Å². The SMILES string of the molecule is O=S(=O)(O)CNc1cccc(Cl)c1. The molecule has 1 aromatic rings. The molecule has 0 saturated heterocycles. The fraction of sp³-hybridized carbons (Fsp3) is 0.143. The summed E-state index contributed by atoms with van der Waals surface area (Å²) in [5, 5.41) is 3.00. The van der Waals surface area contributed by atoms with Gasteiger partial charge in [-0.05, 0) is 18.2 Å². The molecule has 0 atom stereocenters. The monoisotopic (exact) mass is 221 g/mol. The first-order valence-corrected chi connectivity index (χ1v) is 5.41. The van der Waals surface area contributed by atoms with Gasteiger partial charge in [0.1, 0.15) is 5.88 Å². The molecule has 0 amide bonds. The molecule has 0 unspecified atom stereocenters. The van der Waals surface area contributed by atoms with Crippen LogP contribution in [0.2, 0.25) is 5.02 Å². The second kappa shape index (κ2) is 3.95. The van der Waals surface area contributed by atoms with Crippen LogP contribution in [0, 0.1) is 0 Å². The van der Waals surface area contributed by atoms with Crippen molar-refractivity contribution in [1.82, 2.24) is 0 Å². The van der Waals surface area contributed by atoms with Gasteiger partial charge in [0.2, 0.25) is 0 Å². The highest BCUT2D eigenvalue weighted by atomic mass is 35.5. The first kappa shape index (κ1) is 10.3. The van der Waals surface area contributed by atoms with E-state index in [1.165, 1.54) is 0 Å². The number of hydrogen-bond acceptors (Lipinski definition) is 3. The molecule has 72 valence electrons. The van der Waals surface area contributed by atoms with Gasteiger partial charge in [0.05, 0.1) is 0 Å². The largest absolute Gasteiger partial charge is 0.370 e. The fourth-order valence-corrected chi connectivity index (χ4v) is 1.31. The van der Waals surface area contributed by atoms with Crippen LogP contribution in [0.15, 0.2) is 24.3 Å². The van der Waals surface area contributed by atoms with Crippen LogP contribution in [0.5, 0.6) is 0 Å². The van der Waals surface area contributed by atoms with E-state index in [1.807, 2.05) is 0 Å². The van der Waals surface area contributed by atoms with E-state index >= 15 is 0 Å². The minimum Gasteiger partial charge on any atom is -0.370 e. The first-order valence-electron chi connectivity index (χ1n) is 3.42. The molecule has 2 N–H and O–H groups in total. The molecular formula is C7H8ClNO3S. The van der Waals surface area contributed by atoms with Gasteiger partial charge in [0, 0.05) is 10.7 Å². The maximum atomic E-state index is 10.3. The van der Waals surface area contributed by atoms with Gasteiger partial charge in [0.25, 0.3) is 10.1 Å². The summed E-state index contributed by atoms with van der Waals surface area (Å²) >= 11 is 5.64. The molecular weight excluding hydrogens is 214 g/mol. The van der Waals surface area contributed by atoms with Gasteiger partial charge in [-0.3, -0.25) is 4.55 Å². The van der Waals surface area contributed by atoms with E-state index in [0.29, 0.717) is 10.7 Å². The van der Waals surface area contributed by atoms with Crippen molar-refractivity contribution in [3.63, 3.8) is 0 Å². The van der Waals surface area contributed by atoms with Gasteiger partial charge in [0.15, 0.2) is 0 Å². The Morgan fingerprint density at radius 2 is 2.15 bits per heavy atom. The van der Waals surface area contributed by atoms with Gasteiger partial charge >= 0.3 is 0 Å². The van der Waals surface area contributed by atoms with Gasteiger partial charge in [-0.25, -0.2) is 0 Å². The molecule has 1 aromatic carbocycles. The Bertz CT molecular complexity index is 390. The molecule has 0 fully saturated rings. The summed E-state index contributed by atoms with van der Waals surface area (Å²) < 4.78 is 29.1. The van der Waals surface area contributed by atoms with Crippen LogP contribution >= 0.6 is 11.6 Å². The zero-order valence-corrected chi connectivity index (χ0v) is 8.14. The van der Waals surface area contributed by atoms with Crippen molar-refractivity contribution >= 4 is 27.4 Å².